The van der Waals surface area contributed by atoms with Crippen molar-refractivity contribution in [3.05, 3.63) is 27.7 Å². The van der Waals surface area contributed by atoms with Crippen molar-refractivity contribution < 1.29 is 13.2 Å². The summed E-state index contributed by atoms with van der Waals surface area (Å²) in [5.74, 6) is -0.448. The van der Waals surface area contributed by atoms with Gasteiger partial charge in [0, 0.05) is 12.1 Å². The van der Waals surface area contributed by atoms with Crippen molar-refractivity contribution >= 4 is 39.1 Å². The number of primary sulfonamides is 1. The number of hydrogen-bond donors (Lipinski definition) is 2. The first-order chi connectivity index (χ1) is 7.77. The number of rotatable bonds is 3. The van der Waals surface area contributed by atoms with Crippen molar-refractivity contribution in [2.24, 2.45) is 5.14 Å². The minimum atomic E-state index is -4.02. The molecule has 0 heterocycles. The molecule has 17 heavy (non-hydrogen) atoms. The van der Waals surface area contributed by atoms with Crippen LogP contribution in [-0.2, 0) is 10.0 Å². The molecule has 0 atom stereocenters. The molecule has 0 fully saturated rings. The minimum Gasteiger partial charge on any atom is -0.352 e. The van der Waals surface area contributed by atoms with Gasteiger partial charge in [-0.25, -0.2) is 13.6 Å². The number of halogens is 2. The van der Waals surface area contributed by atoms with E-state index in [1.54, 1.807) is 6.92 Å². The molecular weight excluding hydrogens is 287 g/mol. The van der Waals surface area contributed by atoms with E-state index < -0.39 is 15.9 Å². The van der Waals surface area contributed by atoms with Crippen molar-refractivity contribution in [3.63, 3.8) is 0 Å². The van der Waals surface area contributed by atoms with Crippen LogP contribution in [0.3, 0.4) is 0 Å². The molecule has 0 spiro atoms. The highest BCUT2D eigenvalue weighted by molar-refractivity contribution is 7.89. The average Bonchev–Trinajstić information content (AvgIpc) is 2.20. The molecule has 0 aliphatic heterocycles. The Morgan fingerprint density at radius 2 is 2.00 bits per heavy atom. The van der Waals surface area contributed by atoms with Gasteiger partial charge in [-0.3, -0.25) is 4.79 Å². The standard InChI is InChI=1S/C9H10Cl2N2O3S/c1-2-13-9(14)5-3-6(10)8(11)7(4-5)17(12,15)16/h3-4H,2H2,1H3,(H,13,14)(H2,12,15,16). The molecule has 1 rings (SSSR count). The van der Waals surface area contributed by atoms with Crippen LogP contribution >= 0.6 is 23.2 Å². The number of nitrogens with one attached hydrogen (secondary N) is 1. The van der Waals surface area contributed by atoms with Crippen LogP contribution in [0.2, 0.25) is 10.0 Å². The van der Waals surface area contributed by atoms with Gasteiger partial charge in [0.05, 0.1) is 10.0 Å². The van der Waals surface area contributed by atoms with Crippen LogP contribution in [0.4, 0.5) is 0 Å². The summed E-state index contributed by atoms with van der Waals surface area (Å²) in [6, 6.07) is 2.37. The Bertz CT molecular complexity index is 558. The van der Waals surface area contributed by atoms with Crippen LogP contribution in [-0.4, -0.2) is 20.9 Å². The van der Waals surface area contributed by atoms with Gasteiger partial charge in [0.25, 0.3) is 5.91 Å². The number of sulfonamides is 1. The van der Waals surface area contributed by atoms with Crippen molar-refractivity contribution in [1.82, 2.24) is 5.32 Å². The lowest BCUT2D eigenvalue weighted by Crippen LogP contribution is -2.23. The molecule has 3 N–H and O–H groups in total. The van der Waals surface area contributed by atoms with Crippen molar-refractivity contribution in [2.45, 2.75) is 11.8 Å². The third kappa shape index (κ3) is 3.32. The second-order valence-corrected chi connectivity index (χ2v) is 5.49. The first-order valence-corrected chi connectivity index (χ1v) is 6.87. The average molecular weight is 297 g/mol. The molecule has 0 bridgehead atoms. The highest BCUT2D eigenvalue weighted by Crippen LogP contribution is 2.30. The SMILES string of the molecule is CCNC(=O)c1cc(Cl)c(Cl)c(S(N)(=O)=O)c1. The second-order valence-electron chi connectivity index (χ2n) is 3.17. The summed E-state index contributed by atoms with van der Waals surface area (Å²) in [5, 5.41) is 7.24. The molecule has 0 aliphatic rings. The maximum Gasteiger partial charge on any atom is 0.251 e. The zero-order valence-corrected chi connectivity index (χ0v) is 11.2. The smallest absolute Gasteiger partial charge is 0.251 e. The van der Waals surface area contributed by atoms with E-state index in [9.17, 15) is 13.2 Å². The van der Waals surface area contributed by atoms with Gasteiger partial charge in [-0.15, -0.1) is 0 Å². The van der Waals surface area contributed by atoms with Crippen LogP contribution in [0.15, 0.2) is 17.0 Å². The Balaban J connectivity index is 3.39. The number of amides is 1. The van der Waals surface area contributed by atoms with Gasteiger partial charge in [0.15, 0.2) is 0 Å². The number of carbonyl (C=O) groups is 1. The number of carbonyl (C=O) groups excluding carboxylic acids is 1. The summed E-state index contributed by atoms with van der Waals surface area (Å²) in [6.45, 7) is 2.14. The maximum absolute atomic E-state index is 11.5. The molecule has 0 saturated carbocycles. The van der Waals surface area contributed by atoms with Gasteiger partial charge in [-0.2, -0.15) is 0 Å². The maximum atomic E-state index is 11.5. The van der Waals surface area contributed by atoms with Crippen molar-refractivity contribution in [2.75, 3.05) is 6.54 Å². The molecule has 94 valence electrons. The number of benzene rings is 1. The molecule has 1 aromatic rings. The zero-order chi connectivity index (χ0) is 13.2. The predicted octanol–water partition coefficient (Wildman–Crippen LogP) is 1.39. The normalized spacial score (nSPS) is 11.3. The lowest BCUT2D eigenvalue weighted by molar-refractivity contribution is 0.0955. The van der Waals surface area contributed by atoms with Gasteiger partial charge >= 0.3 is 0 Å². The Hall–Kier alpha value is -0.820. The minimum absolute atomic E-state index is 0.0422. The van der Waals surface area contributed by atoms with E-state index in [2.05, 4.69) is 5.32 Å². The summed E-state index contributed by atoms with van der Waals surface area (Å²) in [4.78, 5) is 11.2. The van der Waals surface area contributed by atoms with E-state index in [1.807, 2.05) is 0 Å². The van der Waals surface area contributed by atoms with Crippen LogP contribution in [0.1, 0.15) is 17.3 Å². The quantitative estimate of drug-likeness (QED) is 0.883. The van der Waals surface area contributed by atoms with Crippen molar-refractivity contribution in [1.29, 1.82) is 0 Å². The highest BCUT2D eigenvalue weighted by atomic mass is 35.5. The first-order valence-electron chi connectivity index (χ1n) is 4.57. The van der Waals surface area contributed by atoms with E-state index in [4.69, 9.17) is 28.3 Å². The van der Waals surface area contributed by atoms with Gasteiger partial charge in [-0.1, -0.05) is 23.2 Å². The molecule has 1 aromatic carbocycles. The van der Waals surface area contributed by atoms with E-state index in [1.165, 1.54) is 6.07 Å². The predicted molar refractivity (Wildman–Crippen MR) is 65.8 cm³/mol. The fourth-order valence-electron chi connectivity index (χ4n) is 1.16. The van der Waals surface area contributed by atoms with Crippen LogP contribution in [0.25, 0.3) is 0 Å². The van der Waals surface area contributed by atoms with Crippen molar-refractivity contribution in [3.8, 4) is 0 Å². The van der Waals surface area contributed by atoms with E-state index >= 15 is 0 Å². The molecule has 0 radical (unpaired) electrons. The van der Waals surface area contributed by atoms with Crippen LogP contribution < -0.4 is 10.5 Å². The Morgan fingerprint density at radius 3 is 2.47 bits per heavy atom. The third-order valence-electron chi connectivity index (χ3n) is 1.90. The topological polar surface area (TPSA) is 89.3 Å². The fraction of sp³-hybridized carbons (Fsp3) is 0.222. The summed E-state index contributed by atoms with van der Waals surface area (Å²) in [6.07, 6.45) is 0. The summed E-state index contributed by atoms with van der Waals surface area (Å²) >= 11 is 11.4. The summed E-state index contributed by atoms with van der Waals surface area (Å²) in [5.41, 5.74) is 0.0882. The van der Waals surface area contributed by atoms with Crippen LogP contribution in [0.5, 0.6) is 0 Å². The van der Waals surface area contributed by atoms with Gasteiger partial charge < -0.3 is 5.32 Å². The van der Waals surface area contributed by atoms with Crippen LogP contribution in [0, 0.1) is 0 Å². The molecule has 1 amide bonds. The lowest BCUT2D eigenvalue weighted by Gasteiger charge is -2.08. The second kappa shape index (κ2) is 5.22. The highest BCUT2D eigenvalue weighted by Gasteiger charge is 2.19. The van der Waals surface area contributed by atoms with Gasteiger partial charge in [0.1, 0.15) is 4.90 Å². The molecule has 0 aromatic heterocycles. The largest absolute Gasteiger partial charge is 0.352 e. The third-order valence-corrected chi connectivity index (χ3v) is 3.75. The molecular formula is C9H10Cl2N2O3S. The van der Waals surface area contributed by atoms with E-state index in [-0.39, 0.29) is 20.5 Å². The molecule has 8 heteroatoms. The van der Waals surface area contributed by atoms with E-state index in [0.717, 1.165) is 6.07 Å². The molecule has 0 aliphatic carbocycles. The zero-order valence-electron chi connectivity index (χ0n) is 8.83. The monoisotopic (exact) mass is 296 g/mol. The first kappa shape index (κ1) is 14.2. The Morgan fingerprint density at radius 1 is 1.41 bits per heavy atom. The molecule has 0 saturated heterocycles. The Kier molecular flexibility index (Phi) is 4.37. The molecule has 0 unspecified atom stereocenters. The van der Waals surface area contributed by atoms with Gasteiger partial charge in [0.2, 0.25) is 10.0 Å². The number of hydrogen-bond acceptors (Lipinski definition) is 3. The van der Waals surface area contributed by atoms with E-state index in [0.29, 0.717) is 6.54 Å². The number of nitrogens with two attached hydrogens (primary N) is 1. The molecule has 5 nitrogen and oxygen atoms in total. The Labute approximate surface area is 109 Å². The lowest BCUT2D eigenvalue weighted by atomic mass is 10.2. The summed E-state index contributed by atoms with van der Waals surface area (Å²) < 4.78 is 22.5. The fourth-order valence-corrected chi connectivity index (χ4v) is 2.52. The summed E-state index contributed by atoms with van der Waals surface area (Å²) in [7, 11) is -4.02. The van der Waals surface area contributed by atoms with Gasteiger partial charge in [-0.05, 0) is 19.1 Å².